The van der Waals surface area contributed by atoms with Crippen LogP contribution >= 0.6 is 11.6 Å². The van der Waals surface area contributed by atoms with Crippen LogP contribution in [0.4, 0.5) is 10.2 Å². The Balaban J connectivity index is 1.98. The van der Waals surface area contributed by atoms with Crippen LogP contribution in [-0.2, 0) is 0 Å². The highest BCUT2D eigenvalue weighted by Crippen LogP contribution is 2.26. The monoisotopic (exact) mass is 301 g/mol. The van der Waals surface area contributed by atoms with Crippen molar-refractivity contribution in [1.29, 1.82) is 0 Å². The fourth-order valence-corrected chi connectivity index (χ4v) is 2.40. The van der Waals surface area contributed by atoms with Crippen molar-refractivity contribution in [2.45, 2.75) is 13.0 Å². The summed E-state index contributed by atoms with van der Waals surface area (Å²) in [6, 6.07) is 14.0. The van der Waals surface area contributed by atoms with Crippen LogP contribution in [0.25, 0.3) is 10.9 Å². The van der Waals surface area contributed by atoms with Crippen LogP contribution < -0.4 is 5.32 Å². The molecular formula is C16H13ClFN3. The average Bonchev–Trinajstić information content (AvgIpc) is 2.47. The summed E-state index contributed by atoms with van der Waals surface area (Å²) in [4.78, 5) is 8.42. The molecule has 106 valence electrons. The first kappa shape index (κ1) is 13.8. The van der Waals surface area contributed by atoms with Gasteiger partial charge in [-0.05, 0) is 48.4 Å². The predicted octanol–water partition coefficient (Wildman–Crippen LogP) is 4.60. The predicted molar refractivity (Wildman–Crippen MR) is 83.0 cm³/mol. The standard InChI is InChI=1S/C16H13ClFN3/c1-10(11-5-4-6-12(18)9-11)19-15-13-7-2-3-8-14(13)20-16(17)21-15/h2-10H,1H3,(H,19,20,21). The van der Waals surface area contributed by atoms with Crippen LogP contribution in [0.1, 0.15) is 18.5 Å². The van der Waals surface area contributed by atoms with Crippen molar-refractivity contribution >= 4 is 28.3 Å². The normalized spacial score (nSPS) is 12.3. The van der Waals surface area contributed by atoms with E-state index >= 15 is 0 Å². The zero-order valence-electron chi connectivity index (χ0n) is 11.3. The summed E-state index contributed by atoms with van der Waals surface area (Å²) >= 11 is 5.96. The smallest absolute Gasteiger partial charge is 0.224 e. The number of benzene rings is 2. The lowest BCUT2D eigenvalue weighted by molar-refractivity contribution is 0.623. The zero-order valence-corrected chi connectivity index (χ0v) is 12.1. The molecule has 0 radical (unpaired) electrons. The van der Waals surface area contributed by atoms with Crippen LogP contribution in [0.15, 0.2) is 48.5 Å². The van der Waals surface area contributed by atoms with Crippen LogP contribution in [0.2, 0.25) is 5.28 Å². The van der Waals surface area contributed by atoms with E-state index in [0.717, 1.165) is 16.5 Å². The average molecular weight is 302 g/mol. The molecule has 0 fully saturated rings. The highest BCUT2D eigenvalue weighted by molar-refractivity contribution is 6.28. The van der Waals surface area contributed by atoms with Crippen molar-refractivity contribution in [1.82, 2.24) is 9.97 Å². The van der Waals surface area contributed by atoms with Crippen molar-refractivity contribution < 1.29 is 4.39 Å². The van der Waals surface area contributed by atoms with Gasteiger partial charge in [-0.1, -0.05) is 24.3 Å². The Morgan fingerprint density at radius 1 is 1.10 bits per heavy atom. The molecule has 0 amide bonds. The Bertz CT molecular complexity index is 791. The summed E-state index contributed by atoms with van der Waals surface area (Å²) in [5.41, 5.74) is 1.61. The van der Waals surface area contributed by atoms with E-state index in [1.54, 1.807) is 6.07 Å². The van der Waals surface area contributed by atoms with Gasteiger partial charge in [-0.3, -0.25) is 0 Å². The number of rotatable bonds is 3. The lowest BCUT2D eigenvalue weighted by atomic mass is 10.1. The van der Waals surface area contributed by atoms with Gasteiger partial charge in [-0.2, -0.15) is 0 Å². The van der Waals surface area contributed by atoms with Crippen molar-refractivity contribution in [2.75, 3.05) is 5.32 Å². The summed E-state index contributed by atoms with van der Waals surface area (Å²) in [5, 5.41) is 4.33. The number of hydrogen-bond donors (Lipinski definition) is 1. The van der Waals surface area contributed by atoms with Crippen molar-refractivity contribution in [3.05, 3.63) is 65.2 Å². The minimum atomic E-state index is -0.258. The highest BCUT2D eigenvalue weighted by Gasteiger charge is 2.11. The molecule has 0 saturated carbocycles. The molecule has 1 heterocycles. The summed E-state index contributed by atoms with van der Waals surface area (Å²) in [6.45, 7) is 1.94. The van der Waals surface area contributed by atoms with Gasteiger partial charge in [-0.15, -0.1) is 0 Å². The van der Waals surface area contributed by atoms with Crippen molar-refractivity contribution in [3.63, 3.8) is 0 Å². The molecule has 0 bridgehead atoms. The molecule has 5 heteroatoms. The fraction of sp³-hybridized carbons (Fsp3) is 0.125. The Kier molecular flexibility index (Phi) is 3.71. The molecule has 3 rings (SSSR count). The number of fused-ring (bicyclic) bond motifs is 1. The SMILES string of the molecule is CC(Nc1nc(Cl)nc2ccccc12)c1cccc(F)c1. The molecule has 0 spiro atoms. The lowest BCUT2D eigenvalue weighted by Crippen LogP contribution is -2.09. The molecule has 1 aromatic heterocycles. The third-order valence-corrected chi connectivity index (χ3v) is 3.45. The Morgan fingerprint density at radius 2 is 1.90 bits per heavy atom. The summed E-state index contributed by atoms with van der Waals surface area (Å²) in [7, 11) is 0. The third-order valence-electron chi connectivity index (χ3n) is 3.28. The van der Waals surface area contributed by atoms with Gasteiger partial charge in [0.1, 0.15) is 11.6 Å². The van der Waals surface area contributed by atoms with Gasteiger partial charge in [0, 0.05) is 5.39 Å². The van der Waals surface area contributed by atoms with Crippen LogP contribution in [0.3, 0.4) is 0 Å². The molecule has 3 nitrogen and oxygen atoms in total. The number of hydrogen-bond acceptors (Lipinski definition) is 3. The van der Waals surface area contributed by atoms with Crippen LogP contribution in [0, 0.1) is 5.82 Å². The number of nitrogens with one attached hydrogen (secondary N) is 1. The first-order chi connectivity index (χ1) is 10.1. The van der Waals surface area contributed by atoms with Gasteiger partial charge in [-0.25, -0.2) is 14.4 Å². The number of aromatic nitrogens is 2. The molecule has 21 heavy (non-hydrogen) atoms. The van der Waals surface area contributed by atoms with Gasteiger partial charge in [0.2, 0.25) is 5.28 Å². The molecule has 0 aliphatic rings. The van der Waals surface area contributed by atoms with Gasteiger partial charge in [0.15, 0.2) is 0 Å². The topological polar surface area (TPSA) is 37.8 Å². The van der Waals surface area contributed by atoms with E-state index in [9.17, 15) is 4.39 Å². The van der Waals surface area contributed by atoms with Gasteiger partial charge in [0.25, 0.3) is 0 Å². The van der Waals surface area contributed by atoms with E-state index in [1.807, 2.05) is 37.3 Å². The lowest BCUT2D eigenvalue weighted by Gasteiger charge is -2.16. The number of para-hydroxylation sites is 1. The molecule has 1 unspecified atom stereocenters. The largest absolute Gasteiger partial charge is 0.363 e. The van der Waals surface area contributed by atoms with Gasteiger partial charge >= 0.3 is 0 Å². The first-order valence-corrected chi connectivity index (χ1v) is 6.95. The second-order valence-electron chi connectivity index (χ2n) is 4.78. The maximum atomic E-state index is 13.3. The van der Waals surface area contributed by atoms with Crippen molar-refractivity contribution in [2.24, 2.45) is 0 Å². The second-order valence-corrected chi connectivity index (χ2v) is 5.12. The van der Waals surface area contributed by atoms with E-state index in [1.165, 1.54) is 12.1 Å². The highest BCUT2D eigenvalue weighted by atomic mass is 35.5. The van der Waals surface area contributed by atoms with Crippen LogP contribution in [0.5, 0.6) is 0 Å². The molecule has 3 aromatic rings. The first-order valence-electron chi connectivity index (χ1n) is 6.58. The molecular weight excluding hydrogens is 289 g/mol. The second kappa shape index (κ2) is 5.66. The molecule has 0 aliphatic carbocycles. The van der Waals surface area contributed by atoms with E-state index in [2.05, 4.69) is 15.3 Å². The Labute approximate surface area is 126 Å². The molecule has 0 saturated heterocycles. The third kappa shape index (κ3) is 2.95. The molecule has 0 aliphatic heterocycles. The number of nitrogens with zero attached hydrogens (tertiary/aromatic N) is 2. The molecule has 1 atom stereocenters. The molecule has 1 N–H and O–H groups in total. The summed E-state index contributed by atoms with van der Waals surface area (Å²) in [5.74, 6) is 0.383. The maximum absolute atomic E-state index is 13.3. The van der Waals surface area contributed by atoms with Crippen LogP contribution in [-0.4, -0.2) is 9.97 Å². The van der Waals surface area contributed by atoms with E-state index in [4.69, 9.17) is 11.6 Å². The maximum Gasteiger partial charge on any atom is 0.224 e. The minimum Gasteiger partial charge on any atom is -0.363 e. The number of halogens is 2. The van der Waals surface area contributed by atoms with E-state index in [-0.39, 0.29) is 17.1 Å². The van der Waals surface area contributed by atoms with Gasteiger partial charge in [0.05, 0.1) is 11.6 Å². The number of anilines is 1. The van der Waals surface area contributed by atoms with Crippen molar-refractivity contribution in [3.8, 4) is 0 Å². The Hall–Kier alpha value is -2.20. The van der Waals surface area contributed by atoms with E-state index in [0.29, 0.717) is 5.82 Å². The Morgan fingerprint density at radius 3 is 2.71 bits per heavy atom. The molecule has 2 aromatic carbocycles. The quantitative estimate of drug-likeness (QED) is 0.719. The van der Waals surface area contributed by atoms with E-state index < -0.39 is 0 Å². The summed E-state index contributed by atoms with van der Waals surface area (Å²) < 4.78 is 13.3. The van der Waals surface area contributed by atoms with Gasteiger partial charge < -0.3 is 5.32 Å². The summed E-state index contributed by atoms with van der Waals surface area (Å²) in [6.07, 6.45) is 0. The minimum absolute atomic E-state index is 0.102. The fourth-order valence-electron chi connectivity index (χ4n) is 2.22. The zero-order chi connectivity index (χ0) is 14.8.